The van der Waals surface area contributed by atoms with E-state index < -0.39 is 11.6 Å². The molecule has 9 heteroatoms. The number of para-hydroxylation sites is 3. The first-order chi connectivity index (χ1) is 17.2. The number of anilines is 2. The van der Waals surface area contributed by atoms with Gasteiger partial charge in [-0.15, -0.1) is 0 Å². The highest BCUT2D eigenvalue weighted by molar-refractivity contribution is 6.14. The van der Waals surface area contributed by atoms with Crippen molar-refractivity contribution in [2.75, 3.05) is 29.9 Å². The summed E-state index contributed by atoms with van der Waals surface area (Å²) in [5.74, 6) is -0.657. The molecule has 3 heterocycles. The van der Waals surface area contributed by atoms with Gasteiger partial charge in [0.15, 0.2) is 0 Å². The number of amides is 3. The molecule has 0 bridgehead atoms. The fourth-order valence-electron chi connectivity index (χ4n) is 5.21. The molecule has 1 aromatic heterocycles. The first kappa shape index (κ1) is 23.7. The largest absolute Gasteiger partial charge is 0.353 e. The molecule has 2 aliphatic rings. The van der Waals surface area contributed by atoms with E-state index in [-0.39, 0.29) is 24.3 Å². The summed E-state index contributed by atoms with van der Waals surface area (Å²) in [4.78, 5) is 43.3. The van der Waals surface area contributed by atoms with Crippen LogP contribution in [0.1, 0.15) is 36.8 Å². The number of benzene rings is 2. The van der Waals surface area contributed by atoms with Crippen molar-refractivity contribution in [3.8, 4) is 5.69 Å². The van der Waals surface area contributed by atoms with E-state index in [1.165, 1.54) is 0 Å². The van der Waals surface area contributed by atoms with Gasteiger partial charge in [-0.1, -0.05) is 30.3 Å². The first-order valence-electron chi connectivity index (χ1n) is 12.1. The van der Waals surface area contributed by atoms with Gasteiger partial charge in [0.2, 0.25) is 17.7 Å². The van der Waals surface area contributed by atoms with Crippen LogP contribution in [0.2, 0.25) is 0 Å². The van der Waals surface area contributed by atoms with Gasteiger partial charge in [-0.2, -0.15) is 5.10 Å². The molecule has 0 spiro atoms. The number of nitrogens with zero attached hydrogens (tertiary/aromatic N) is 4. The Morgan fingerprint density at radius 3 is 2.50 bits per heavy atom. The number of aryl methyl sites for hydroxylation is 1. The molecule has 3 amide bonds. The molecule has 2 N–H and O–H groups in total. The third-order valence-corrected chi connectivity index (χ3v) is 7.03. The molecule has 0 aliphatic carbocycles. The van der Waals surface area contributed by atoms with Gasteiger partial charge in [0, 0.05) is 24.3 Å². The lowest BCUT2D eigenvalue weighted by molar-refractivity contribution is -0.132. The zero-order valence-corrected chi connectivity index (χ0v) is 20.9. The van der Waals surface area contributed by atoms with Gasteiger partial charge in [0.05, 0.1) is 29.3 Å². The highest BCUT2D eigenvalue weighted by Gasteiger charge is 2.45. The second kappa shape index (κ2) is 8.91. The molecule has 0 unspecified atom stereocenters. The van der Waals surface area contributed by atoms with Crippen molar-refractivity contribution in [3.05, 3.63) is 71.5 Å². The minimum atomic E-state index is -1.08. The molecule has 2 aliphatic heterocycles. The lowest BCUT2D eigenvalue weighted by atomic mass is 9.95. The minimum absolute atomic E-state index is 0.0153. The fourth-order valence-corrected chi connectivity index (χ4v) is 5.21. The van der Waals surface area contributed by atoms with E-state index in [1.54, 1.807) is 24.8 Å². The van der Waals surface area contributed by atoms with Crippen LogP contribution in [0.25, 0.3) is 5.69 Å². The van der Waals surface area contributed by atoms with Gasteiger partial charge in [0.1, 0.15) is 11.6 Å². The van der Waals surface area contributed by atoms with Crippen LogP contribution < -0.4 is 15.5 Å². The van der Waals surface area contributed by atoms with Crippen LogP contribution >= 0.6 is 0 Å². The summed E-state index contributed by atoms with van der Waals surface area (Å²) in [6.07, 6.45) is 0. The van der Waals surface area contributed by atoms with Crippen molar-refractivity contribution in [2.45, 2.75) is 39.3 Å². The quantitative estimate of drug-likeness (QED) is 0.591. The Bertz CT molecular complexity index is 1350. The molecule has 1 atom stereocenters. The van der Waals surface area contributed by atoms with Crippen LogP contribution in [-0.2, 0) is 14.4 Å². The van der Waals surface area contributed by atoms with Crippen molar-refractivity contribution in [1.29, 1.82) is 0 Å². The summed E-state index contributed by atoms with van der Waals surface area (Å²) in [5, 5.41) is 10.6. The molecule has 3 aromatic rings. The minimum Gasteiger partial charge on any atom is -0.353 e. The maximum absolute atomic E-state index is 13.8. The third-order valence-electron chi connectivity index (χ3n) is 7.03. The van der Waals surface area contributed by atoms with E-state index >= 15 is 0 Å². The number of piperazine rings is 1. The van der Waals surface area contributed by atoms with Gasteiger partial charge in [-0.05, 0) is 52.0 Å². The summed E-state index contributed by atoms with van der Waals surface area (Å²) in [6, 6.07) is 16.4. The molecule has 186 valence electrons. The Morgan fingerprint density at radius 1 is 1.06 bits per heavy atom. The molecular formula is C27H30N6O3. The molecule has 1 saturated heterocycles. The number of fused-ring (bicyclic) bond motifs is 1. The monoisotopic (exact) mass is 486 g/mol. The molecule has 0 saturated carbocycles. The lowest BCUT2D eigenvalue weighted by Crippen LogP contribution is -2.61. The third kappa shape index (κ3) is 3.85. The van der Waals surface area contributed by atoms with Gasteiger partial charge >= 0.3 is 0 Å². The van der Waals surface area contributed by atoms with Crippen LogP contribution in [0, 0.1) is 13.8 Å². The summed E-state index contributed by atoms with van der Waals surface area (Å²) >= 11 is 0. The molecule has 36 heavy (non-hydrogen) atoms. The van der Waals surface area contributed by atoms with Gasteiger partial charge in [-0.3, -0.25) is 24.2 Å². The van der Waals surface area contributed by atoms with E-state index in [0.29, 0.717) is 24.5 Å². The summed E-state index contributed by atoms with van der Waals surface area (Å²) in [5.41, 5.74) is 3.44. The molecule has 2 aromatic carbocycles. The summed E-state index contributed by atoms with van der Waals surface area (Å²) < 4.78 is 1.83. The van der Waals surface area contributed by atoms with Crippen molar-refractivity contribution < 1.29 is 14.4 Å². The SMILES string of the molecule is Cc1nn(-c2ccccc2)c(C)c1[C@H]1C(=O)NCCN1CC(=O)N1c2ccccc2NC(=O)C1(C)C. The van der Waals surface area contributed by atoms with Gasteiger partial charge in [0.25, 0.3) is 0 Å². The van der Waals surface area contributed by atoms with E-state index in [0.717, 1.165) is 22.6 Å². The highest BCUT2D eigenvalue weighted by Crippen LogP contribution is 2.37. The average molecular weight is 487 g/mol. The summed E-state index contributed by atoms with van der Waals surface area (Å²) in [7, 11) is 0. The van der Waals surface area contributed by atoms with Crippen LogP contribution in [0.4, 0.5) is 11.4 Å². The number of nitrogens with one attached hydrogen (secondary N) is 2. The lowest BCUT2D eigenvalue weighted by Gasteiger charge is -2.43. The number of rotatable bonds is 4. The van der Waals surface area contributed by atoms with Crippen LogP contribution in [0.3, 0.4) is 0 Å². The van der Waals surface area contributed by atoms with Crippen LogP contribution in [0.5, 0.6) is 0 Å². The van der Waals surface area contributed by atoms with Crippen LogP contribution in [-0.4, -0.2) is 57.6 Å². The fraction of sp³-hybridized carbons (Fsp3) is 0.333. The van der Waals surface area contributed by atoms with Gasteiger partial charge in [-0.25, -0.2) is 4.68 Å². The maximum Gasteiger partial charge on any atom is 0.250 e. The number of hydrogen-bond acceptors (Lipinski definition) is 5. The van der Waals surface area contributed by atoms with Crippen LogP contribution in [0.15, 0.2) is 54.6 Å². The summed E-state index contributed by atoms with van der Waals surface area (Å²) in [6.45, 7) is 8.21. The molecule has 0 radical (unpaired) electrons. The predicted octanol–water partition coefficient (Wildman–Crippen LogP) is 2.73. The van der Waals surface area contributed by atoms with Crippen molar-refractivity contribution in [2.24, 2.45) is 0 Å². The van der Waals surface area contributed by atoms with Gasteiger partial charge < -0.3 is 10.6 Å². The molecule has 5 rings (SSSR count). The second-order valence-electron chi connectivity index (χ2n) is 9.76. The second-order valence-corrected chi connectivity index (χ2v) is 9.76. The normalized spacial score (nSPS) is 19.4. The number of carbonyl (C=O) groups excluding carboxylic acids is 3. The smallest absolute Gasteiger partial charge is 0.250 e. The van der Waals surface area contributed by atoms with Crippen molar-refractivity contribution >= 4 is 29.1 Å². The zero-order valence-electron chi connectivity index (χ0n) is 20.9. The number of hydrogen-bond donors (Lipinski definition) is 2. The number of carbonyl (C=O) groups is 3. The Morgan fingerprint density at radius 2 is 1.75 bits per heavy atom. The topological polar surface area (TPSA) is 99.6 Å². The molecular weight excluding hydrogens is 456 g/mol. The highest BCUT2D eigenvalue weighted by atomic mass is 16.2. The Labute approximate surface area is 210 Å². The van der Waals surface area contributed by atoms with Crippen molar-refractivity contribution in [1.82, 2.24) is 20.0 Å². The average Bonchev–Trinajstić information content (AvgIpc) is 3.14. The molecule has 9 nitrogen and oxygen atoms in total. The predicted molar refractivity (Wildman–Crippen MR) is 137 cm³/mol. The van der Waals surface area contributed by atoms with E-state index in [1.807, 2.05) is 72.0 Å². The van der Waals surface area contributed by atoms with Crippen molar-refractivity contribution in [3.63, 3.8) is 0 Å². The Kier molecular flexibility index (Phi) is 5.88. The van der Waals surface area contributed by atoms with E-state index in [2.05, 4.69) is 10.6 Å². The number of aromatic nitrogens is 2. The zero-order chi connectivity index (χ0) is 25.6. The maximum atomic E-state index is 13.8. The van der Waals surface area contributed by atoms with E-state index in [4.69, 9.17) is 5.10 Å². The Balaban J connectivity index is 1.50. The first-order valence-corrected chi connectivity index (χ1v) is 12.1. The molecule has 1 fully saturated rings. The van der Waals surface area contributed by atoms with E-state index in [9.17, 15) is 14.4 Å². The standard InChI is InChI=1S/C27H30N6O3/c1-17-23(18(2)33(30-17)19-10-6-5-7-11-19)24-25(35)28-14-15-31(24)16-22(34)32-21-13-9-8-12-20(21)29-26(36)27(32,3)4/h5-13,24H,14-16H2,1-4H3,(H,28,35)(H,29,36)/t24-/m0/s1. The Hall–Kier alpha value is -3.98.